The molecule has 1 amide bonds. The van der Waals surface area contributed by atoms with Gasteiger partial charge < -0.3 is 15.8 Å². The van der Waals surface area contributed by atoms with E-state index in [-0.39, 0.29) is 24.9 Å². The van der Waals surface area contributed by atoms with Crippen LogP contribution in [0.2, 0.25) is 10.0 Å². The minimum atomic E-state index is -0.0397. The number of halogens is 3. The third-order valence-electron chi connectivity index (χ3n) is 2.43. The van der Waals surface area contributed by atoms with E-state index in [2.05, 4.69) is 5.32 Å². The van der Waals surface area contributed by atoms with Gasteiger partial charge in [0.25, 0.3) is 0 Å². The van der Waals surface area contributed by atoms with Gasteiger partial charge in [-0.1, -0.05) is 23.2 Å². The van der Waals surface area contributed by atoms with Gasteiger partial charge in [-0.2, -0.15) is 0 Å². The summed E-state index contributed by atoms with van der Waals surface area (Å²) in [4.78, 5) is 11.5. The molecule has 0 aliphatic rings. The van der Waals surface area contributed by atoms with Crippen LogP contribution < -0.4 is 15.8 Å². The van der Waals surface area contributed by atoms with Crippen LogP contribution in [0.4, 0.5) is 0 Å². The Bertz CT molecular complexity index is 417. The average molecular weight is 342 g/mol. The van der Waals surface area contributed by atoms with Crippen molar-refractivity contribution >= 4 is 41.5 Å². The predicted molar refractivity (Wildman–Crippen MR) is 85.1 cm³/mol. The summed E-state index contributed by atoms with van der Waals surface area (Å²) in [6.45, 7) is 1.58. The lowest BCUT2D eigenvalue weighted by molar-refractivity contribution is -0.121. The molecule has 114 valence electrons. The van der Waals surface area contributed by atoms with Crippen molar-refractivity contribution in [3.63, 3.8) is 0 Å². The Morgan fingerprint density at radius 2 is 2.05 bits per heavy atom. The van der Waals surface area contributed by atoms with E-state index in [0.717, 1.165) is 12.8 Å². The highest BCUT2D eigenvalue weighted by Gasteiger charge is 2.04. The summed E-state index contributed by atoms with van der Waals surface area (Å²) in [5.74, 6) is 0.490. The number of carbonyl (C=O) groups is 1. The normalized spacial score (nSPS) is 9.75. The Morgan fingerprint density at radius 1 is 1.30 bits per heavy atom. The molecular weight excluding hydrogens is 323 g/mol. The van der Waals surface area contributed by atoms with E-state index in [0.29, 0.717) is 35.3 Å². The Kier molecular flexibility index (Phi) is 10.7. The zero-order chi connectivity index (χ0) is 14.1. The maximum Gasteiger partial charge on any atom is 0.223 e. The van der Waals surface area contributed by atoms with E-state index in [1.54, 1.807) is 18.2 Å². The molecule has 0 unspecified atom stereocenters. The summed E-state index contributed by atoms with van der Waals surface area (Å²) < 4.78 is 5.42. The van der Waals surface area contributed by atoms with Gasteiger partial charge >= 0.3 is 0 Å². The zero-order valence-electron chi connectivity index (χ0n) is 11.0. The molecule has 0 aliphatic heterocycles. The van der Waals surface area contributed by atoms with E-state index >= 15 is 0 Å². The second kappa shape index (κ2) is 11.0. The van der Waals surface area contributed by atoms with Crippen molar-refractivity contribution < 1.29 is 9.53 Å². The van der Waals surface area contributed by atoms with E-state index in [1.165, 1.54) is 0 Å². The largest absolute Gasteiger partial charge is 0.491 e. The van der Waals surface area contributed by atoms with Gasteiger partial charge in [-0.15, -0.1) is 12.4 Å². The molecule has 0 heterocycles. The topological polar surface area (TPSA) is 64.3 Å². The molecule has 3 N–H and O–H groups in total. The Hall–Kier alpha value is -0.680. The molecule has 0 radical (unpaired) electrons. The quantitative estimate of drug-likeness (QED) is 0.714. The second-order valence-electron chi connectivity index (χ2n) is 4.02. The number of amides is 1. The van der Waals surface area contributed by atoms with Crippen molar-refractivity contribution in [2.45, 2.75) is 19.3 Å². The van der Waals surface area contributed by atoms with E-state index < -0.39 is 0 Å². The van der Waals surface area contributed by atoms with Crippen LogP contribution in [0, 0.1) is 0 Å². The first-order chi connectivity index (χ1) is 9.13. The summed E-state index contributed by atoms with van der Waals surface area (Å²) in [7, 11) is 0. The summed E-state index contributed by atoms with van der Waals surface area (Å²) in [5, 5.41) is 3.79. The van der Waals surface area contributed by atoms with Crippen molar-refractivity contribution in [3.8, 4) is 5.75 Å². The van der Waals surface area contributed by atoms with Crippen LogP contribution in [-0.2, 0) is 4.79 Å². The van der Waals surface area contributed by atoms with Gasteiger partial charge in [0.1, 0.15) is 5.75 Å². The molecule has 4 nitrogen and oxygen atoms in total. The van der Waals surface area contributed by atoms with Crippen LogP contribution in [-0.4, -0.2) is 25.6 Å². The predicted octanol–water partition coefficient (Wildman–Crippen LogP) is 3.04. The maximum atomic E-state index is 11.5. The lowest BCUT2D eigenvalue weighted by atomic mass is 10.3. The molecule has 20 heavy (non-hydrogen) atoms. The first-order valence-electron chi connectivity index (χ1n) is 6.18. The van der Waals surface area contributed by atoms with Gasteiger partial charge in [0.2, 0.25) is 5.91 Å². The fourth-order valence-corrected chi connectivity index (χ4v) is 1.89. The summed E-state index contributed by atoms with van der Waals surface area (Å²) in [5.41, 5.74) is 5.36. The molecule has 1 aromatic rings. The van der Waals surface area contributed by atoms with Crippen LogP contribution in [0.25, 0.3) is 0 Å². The van der Waals surface area contributed by atoms with Crippen molar-refractivity contribution in [1.82, 2.24) is 5.32 Å². The fourth-order valence-electron chi connectivity index (χ4n) is 1.43. The molecule has 0 saturated heterocycles. The van der Waals surface area contributed by atoms with Crippen molar-refractivity contribution in [2.24, 2.45) is 5.73 Å². The number of benzene rings is 1. The standard InChI is InChI=1S/C13H18Cl2N2O2.ClH/c14-10-3-4-12(11(15)9-10)19-8-5-13(18)17-7-2-1-6-16;/h3-4,9H,1-2,5-8,16H2,(H,17,18);1H. The molecule has 7 heteroatoms. The first kappa shape index (κ1) is 19.3. The average Bonchev–Trinajstić information content (AvgIpc) is 2.37. The third kappa shape index (κ3) is 7.80. The van der Waals surface area contributed by atoms with Gasteiger partial charge in [0.05, 0.1) is 18.1 Å². The Labute approximate surface area is 135 Å². The molecule has 0 fully saturated rings. The maximum absolute atomic E-state index is 11.5. The molecular formula is C13H19Cl3N2O2. The van der Waals surface area contributed by atoms with Crippen molar-refractivity contribution in [1.29, 1.82) is 0 Å². The number of ether oxygens (including phenoxy) is 1. The first-order valence-corrected chi connectivity index (χ1v) is 6.93. The number of unbranched alkanes of at least 4 members (excludes halogenated alkanes) is 1. The lowest BCUT2D eigenvalue weighted by Crippen LogP contribution is -2.26. The SMILES string of the molecule is Cl.NCCCCNC(=O)CCOc1ccc(Cl)cc1Cl. The fraction of sp³-hybridized carbons (Fsp3) is 0.462. The van der Waals surface area contributed by atoms with Crippen LogP contribution in [0.15, 0.2) is 18.2 Å². The van der Waals surface area contributed by atoms with Crippen LogP contribution in [0.1, 0.15) is 19.3 Å². The van der Waals surface area contributed by atoms with Crippen LogP contribution in [0.5, 0.6) is 5.75 Å². The van der Waals surface area contributed by atoms with E-state index in [4.69, 9.17) is 33.7 Å². The van der Waals surface area contributed by atoms with Crippen LogP contribution >= 0.6 is 35.6 Å². The molecule has 0 bridgehead atoms. The Balaban J connectivity index is 0.00000361. The summed E-state index contributed by atoms with van der Waals surface area (Å²) in [6, 6.07) is 4.98. The number of rotatable bonds is 8. The van der Waals surface area contributed by atoms with Crippen molar-refractivity contribution in [2.75, 3.05) is 19.7 Å². The van der Waals surface area contributed by atoms with Gasteiger partial charge in [0.15, 0.2) is 0 Å². The van der Waals surface area contributed by atoms with Gasteiger partial charge in [-0.3, -0.25) is 4.79 Å². The smallest absolute Gasteiger partial charge is 0.223 e. The third-order valence-corrected chi connectivity index (χ3v) is 2.96. The Morgan fingerprint density at radius 3 is 2.70 bits per heavy atom. The molecule has 0 saturated carbocycles. The molecule has 1 aromatic carbocycles. The number of carbonyl (C=O) groups excluding carboxylic acids is 1. The molecule has 0 atom stereocenters. The van der Waals surface area contributed by atoms with Gasteiger partial charge in [0, 0.05) is 11.6 Å². The highest BCUT2D eigenvalue weighted by molar-refractivity contribution is 6.35. The van der Waals surface area contributed by atoms with Crippen LogP contribution in [0.3, 0.4) is 0 Å². The summed E-state index contributed by atoms with van der Waals surface area (Å²) >= 11 is 11.7. The summed E-state index contributed by atoms with van der Waals surface area (Å²) in [6.07, 6.45) is 2.10. The molecule has 1 rings (SSSR count). The van der Waals surface area contributed by atoms with Crippen molar-refractivity contribution in [3.05, 3.63) is 28.2 Å². The molecule has 0 aliphatic carbocycles. The number of nitrogens with two attached hydrogens (primary N) is 1. The lowest BCUT2D eigenvalue weighted by Gasteiger charge is -2.08. The molecule has 0 spiro atoms. The highest BCUT2D eigenvalue weighted by atomic mass is 35.5. The number of nitrogens with one attached hydrogen (secondary N) is 1. The molecule has 0 aromatic heterocycles. The monoisotopic (exact) mass is 340 g/mol. The second-order valence-corrected chi connectivity index (χ2v) is 4.86. The van der Waals surface area contributed by atoms with E-state index in [9.17, 15) is 4.79 Å². The van der Waals surface area contributed by atoms with E-state index in [1.807, 2.05) is 0 Å². The minimum absolute atomic E-state index is 0. The number of hydrogen-bond donors (Lipinski definition) is 2. The van der Waals surface area contributed by atoms with Gasteiger partial charge in [-0.25, -0.2) is 0 Å². The minimum Gasteiger partial charge on any atom is -0.491 e. The van der Waals surface area contributed by atoms with Gasteiger partial charge in [-0.05, 0) is 37.6 Å². The zero-order valence-corrected chi connectivity index (χ0v) is 13.4. The highest BCUT2D eigenvalue weighted by Crippen LogP contribution is 2.27. The number of hydrogen-bond acceptors (Lipinski definition) is 3.